The second kappa shape index (κ2) is 7.43. The fourth-order valence-corrected chi connectivity index (χ4v) is 3.26. The number of carbonyl (C=O) groups excluding carboxylic acids is 2. The van der Waals surface area contributed by atoms with Crippen LogP contribution < -0.4 is 19.7 Å². The summed E-state index contributed by atoms with van der Waals surface area (Å²) < 4.78 is 10.5. The highest BCUT2D eigenvalue weighted by atomic mass is 35.5. The van der Waals surface area contributed by atoms with Crippen LogP contribution >= 0.6 is 23.2 Å². The van der Waals surface area contributed by atoms with Crippen LogP contribution in [0.4, 0.5) is 11.4 Å². The van der Waals surface area contributed by atoms with Crippen LogP contribution in [0.5, 0.6) is 11.5 Å². The first-order valence-electron chi connectivity index (χ1n) is 7.75. The van der Waals surface area contributed by atoms with Crippen molar-refractivity contribution in [2.24, 2.45) is 0 Å². The molecule has 0 aromatic heterocycles. The van der Waals surface area contributed by atoms with Gasteiger partial charge in [0.15, 0.2) is 0 Å². The highest BCUT2D eigenvalue weighted by Gasteiger charge is 2.40. The SMILES string of the molecule is COc1ccc(N[C@@H]2CC(=O)N(c3ccc(Cl)cc3Cl)C2=O)c(OC)c1. The zero-order valence-electron chi connectivity index (χ0n) is 14.1. The molecule has 2 aromatic carbocycles. The monoisotopic (exact) mass is 394 g/mol. The minimum absolute atomic E-state index is 0.00692. The lowest BCUT2D eigenvalue weighted by Crippen LogP contribution is -2.35. The van der Waals surface area contributed by atoms with Crippen LogP contribution in [0, 0.1) is 0 Å². The number of carbonyl (C=O) groups is 2. The van der Waals surface area contributed by atoms with Crippen LogP contribution in [0.1, 0.15) is 6.42 Å². The normalized spacial score (nSPS) is 16.8. The topological polar surface area (TPSA) is 67.9 Å². The summed E-state index contributed by atoms with van der Waals surface area (Å²) in [7, 11) is 3.07. The van der Waals surface area contributed by atoms with E-state index in [1.807, 2.05) is 0 Å². The minimum Gasteiger partial charge on any atom is -0.497 e. The number of hydrogen-bond acceptors (Lipinski definition) is 5. The first kappa shape index (κ1) is 18.4. The molecule has 136 valence electrons. The molecule has 1 saturated heterocycles. The van der Waals surface area contributed by atoms with Crippen LogP contribution in [0.25, 0.3) is 0 Å². The summed E-state index contributed by atoms with van der Waals surface area (Å²) in [6.07, 6.45) is 0.00692. The molecule has 8 heteroatoms. The maximum Gasteiger partial charge on any atom is 0.256 e. The van der Waals surface area contributed by atoms with Crippen molar-refractivity contribution in [1.29, 1.82) is 0 Å². The molecule has 0 bridgehead atoms. The van der Waals surface area contributed by atoms with E-state index in [-0.39, 0.29) is 17.4 Å². The highest BCUT2D eigenvalue weighted by Crippen LogP contribution is 2.35. The smallest absolute Gasteiger partial charge is 0.256 e. The lowest BCUT2D eigenvalue weighted by Gasteiger charge is -2.18. The summed E-state index contributed by atoms with van der Waals surface area (Å²) in [6, 6.07) is 9.06. The third-order valence-corrected chi connectivity index (χ3v) is 4.57. The van der Waals surface area contributed by atoms with Gasteiger partial charge in [0.2, 0.25) is 5.91 Å². The summed E-state index contributed by atoms with van der Waals surface area (Å²) in [5, 5.41) is 3.72. The molecule has 1 N–H and O–H groups in total. The minimum atomic E-state index is -0.725. The van der Waals surface area contributed by atoms with Crippen molar-refractivity contribution in [3.63, 3.8) is 0 Å². The van der Waals surface area contributed by atoms with Gasteiger partial charge in [0.05, 0.1) is 37.0 Å². The quantitative estimate of drug-likeness (QED) is 0.781. The molecule has 1 aliphatic heterocycles. The number of hydrogen-bond donors (Lipinski definition) is 1. The maximum absolute atomic E-state index is 12.8. The molecule has 2 amide bonds. The van der Waals surface area contributed by atoms with Gasteiger partial charge in [0.1, 0.15) is 17.5 Å². The zero-order valence-corrected chi connectivity index (χ0v) is 15.6. The molecule has 1 heterocycles. The predicted molar refractivity (Wildman–Crippen MR) is 101 cm³/mol. The summed E-state index contributed by atoms with van der Waals surface area (Å²) in [5.41, 5.74) is 0.903. The van der Waals surface area contributed by atoms with Gasteiger partial charge in [-0.2, -0.15) is 0 Å². The highest BCUT2D eigenvalue weighted by molar-refractivity contribution is 6.38. The Balaban J connectivity index is 1.85. The molecular formula is C18H16Cl2N2O4. The molecule has 0 aliphatic carbocycles. The van der Waals surface area contributed by atoms with Gasteiger partial charge >= 0.3 is 0 Å². The van der Waals surface area contributed by atoms with Gasteiger partial charge in [-0.1, -0.05) is 23.2 Å². The number of benzene rings is 2. The van der Waals surface area contributed by atoms with Crippen molar-refractivity contribution in [3.05, 3.63) is 46.4 Å². The lowest BCUT2D eigenvalue weighted by molar-refractivity contribution is -0.121. The third kappa shape index (κ3) is 3.43. The number of anilines is 2. The third-order valence-electron chi connectivity index (χ3n) is 4.04. The Morgan fingerprint density at radius 1 is 1.08 bits per heavy atom. The van der Waals surface area contributed by atoms with E-state index in [9.17, 15) is 9.59 Å². The Labute approximate surface area is 160 Å². The van der Waals surface area contributed by atoms with Crippen LogP contribution in [-0.2, 0) is 9.59 Å². The standard InChI is InChI=1S/C18H16Cl2N2O4/c1-25-11-4-5-13(16(8-11)26-2)21-14-9-17(23)22(18(14)24)15-6-3-10(19)7-12(15)20/h3-8,14,21H,9H2,1-2H3/t14-/m1/s1. The van der Waals surface area contributed by atoms with E-state index in [1.54, 1.807) is 37.4 Å². The molecule has 3 rings (SSSR count). The van der Waals surface area contributed by atoms with Gasteiger partial charge in [0, 0.05) is 11.1 Å². The van der Waals surface area contributed by atoms with Crippen LogP contribution in [0.2, 0.25) is 10.0 Å². The number of ether oxygens (including phenoxy) is 2. The summed E-state index contributed by atoms with van der Waals surface area (Å²) in [4.78, 5) is 26.2. The van der Waals surface area contributed by atoms with Crippen LogP contribution in [0.15, 0.2) is 36.4 Å². The molecule has 26 heavy (non-hydrogen) atoms. The van der Waals surface area contributed by atoms with Crippen molar-refractivity contribution < 1.29 is 19.1 Å². The molecule has 1 aliphatic rings. The molecule has 2 aromatic rings. The van der Waals surface area contributed by atoms with Crippen molar-refractivity contribution in [2.75, 3.05) is 24.4 Å². The fourth-order valence-electron chi connectivity index (χ4n) is 2.77. The average molecular weight is 395 g/mol. The second-order valence-electron chi connectivity index (χ2n) is 5.63. The number of imide groups is 1. The van der Waals surface area contributed by atoms with Crippen molar-refractivity contribution in [1.82, 2.24) is 0 Å². The average Bonchev–Trinajstić information content (AvgIpc) is 2.89. The maximum atomic E-state index is 12.8. The van der Waals surface area contributed by atoms with E-state index in [4.69, 9.17) is 32.7 Å². The Hall–Kier alpha value is -2.44. The van der Waals surface area contributed by atoms with Crippen molar-refractivity contribution in [2.45, 2.75) is 12.5 Å². The Bertz CT molecular complexity index is 872. The second-order valence-corrected chi connectivity index (χ2v) is 6.47. The molecule has 0 saturated carbocycles. The van der Waals surface area contributed by atoms with Gasteiger partial charge in [0.25, 0.3) is 5.91 Å². The molecule has 6 nitrogen and oxygen atoms in total. The Morgan fingerprint density at radius 3 is 2.50 bits per heavy atom. The van der Waals surface area contributed by atoms with E-state index >= 15 is 0 Å². The van der Waals surface area contributed by atoms with Crippen molar-refractivity contribution in [3.8, 4) is 11.5 Å². The molecular weight excluding hydrogens is 379 g/mol. The van der Waals surface area contributed by atoms with Gasteiger partial charge < -0.3 is 14.8 Å². The first-order valence-corrected chi connectivity index (χ1v) is 8.50. The molecule has 0 radical (unpaired) electrons. The van der Waals surface area contributed by atoms with Gasteiger partial charge in [-0.3, -0.25) is 9.59 Å². The van der Waals surface area contributed by atoms with Gasteiger partial charge in [-0.15, -0.1) is 0 Å². The Morgan fingerprint density at radius 2 is 1.85 bits per heavy atom. The molecule has 1 fully saturated rings. The summed E-state index contributed by atoms with van der Waals surface area (Å²) in [5.74, 6) is 0.393. The largest absolute Gasteiger partial charge is 0.497 e. The van der Waals surface area contributed by atoms with Crippen LogP contribution in [-0.4, -0.2) is 32.1 Å². The number of rotatable bonds is 5. The van der Waals surface area contributed by atoms with Gasteiger partial charge in [-0.25, -0.2) is 4.90 Å². The van der Waals surface area contributed by atoms with Crippen LogP contribution in [0.3, 0.4) is 0 Å². The number of nitrogens with zero attached hydrogens (tertiary/aromatic N) is 1. The van der Waals surface area contributed by atoms with E-state index in [2.05, 4.69) is 5.32 Å². The van der Waals surface area contributed by atoms with E-state index in [0.717, 1.165) is 4.90 Å². The summed E-state index contributed by atoms with van der Waals surface area (Å²) in [6.45, 7) is 0. The van der Waals surface area contributed by atoms with Crippen molar-refractivity contribution >= 4 is 46.4 Å². The van der Waals surface area contributed by atoms with Gasteiger partial charge in [-0.05, 0) is 30.3 Å². The number of methoxy groups -OCH3 is 2. The predicted octanol–water partition coefficient (Wildman–Crippen LogP) is 3.75. The molecule has 0 spiro atoms. The zero-order chi connectivity index (χ0) is 18.8. The fraction of sp³-hybridized carbons (Fsp3) is 0.222. The van der Waals surface area contributed by atoms with E-state index < -0.39 is 11.9 Å². The number of amides is 2. The molecule has 1 atom stereocenters. The number of halogens is 2. The van der Waals surface area contributed by atoms with E-state index in [0.29, 0.717) is 27.9 Å². The summed E-state index contributed by atoms with van der Waals surface area (Å²) >= 11 is 12.0. The van der Waals surface area contributed by atoms with E-state index in [1.165, 1.54) is 13.2 Å². The Kier molecular flexibility index (Phi) is 5.25. The molecule has 0 unspecified atom stereocenters. The lowest BCUT2D eigenvalue weighted by atomic mass is 10.2. The number of nitrogens with one attached hydrogen (secondary N) is 1. The first-order chi connectivity index (χ1) is 12.4.